The van der Waals surface area contributed by atoms with Crippen LogP contribution in [0.25, 0.3) is 0 Å². The van der Waals surface area contributed by atoms with Gasteiger partial charge in [-0.15, -0.1) is 0 Å². The van der Waals surface area contributed by atoms with Crippen LogP contribution in [0.1, 0.15) is 77.6 Å². The second kappa shape index (κ2) is 13.3. The summed E-state index contributed by atoms with van der Waals surface area (Å²) in [4.78, 5) is 45.7. The molecule has 0 bridgehead atoms. The first kappa shape index (κ1) is 29.1. The predicted octanol–water partition coefficient (Wildman–Crippen LogP) is 0.859. The molecule has 196 valence electrons. The number of ketones is 1. The lowest BCUT2D eigenvalue weighted by Crippen LogP contribution is -2.44. The molecule has 1 heterocycles. The lowest BCUT2D eigenvalue weighted by Gasteiger charge is -2.41. The number of phosphoric acid groups is 1. The summed E-state index contributed by atoms with van der Waals surface area (Å²) >= 11 is 0. The largest absolute Gasteiger partial charge is 0.790 e. The Morgan fingerprint density at radius 2 is 1.79 bits per heavy atom. The fraction of sp³-hybridized carbons (Fsp3) is 0.826. The molecule has 2 aliphatic rings. The minimum Gasteiger partial charge on any atom is -0.790 e. The van der Waals surface area contributed by atoms with Crippen molar-refractivity contribution in [3.8, 4) is 0 Å². The highest BCUT2D eigenvalue weighted by atomic mass is 31.2. The van der Waals surface area contributed by atoms with Crippen molar-refractivity contribution in [3.05, 3.63) is 12.2 Å². The van der Waals surface area contributed by atoms with Gasteiger partial charge in [0, 0.05) is 17.8 Å². The van der Waals surface area contributed by atoms with Gasteiger partial charge in [0.15, 0.2) is 0 Å². The van der Waals surface area contributed by atoms with Crippen molar-refractivity contribution < 1.29 is 43.4 Å². The van der Waals surface area contributed by atoms with E-state index >= 15 is 0 Å². The molecule has 4 N–H and O–H groups in total. The minimum absolute atomic E-state index is 0.128. The van der Waals surface area contributed by atoms with E-state index in [1.54, 1.807) is 6.08 Å². The normalized spacial score (nSPS) is 34.1. The van der Waals surface area contributed by atoms with E-state index in [9.17, 15) is 34.2 Å². The Balaban J connectivity index is 2.36. The van der Waals surface area contributed by atoms with Gasteiger partial charge in [-0.3, -0.25) is 9.59 Å². The molecule has 1 saturated carbocycles. The molecule has 0 radical (unpaired) electrons. The standard InChI is InChI=1S/C23H40NO9P/c1-2-17(25)16-9-6-4-3-5-7-12-23(14-11-16,13-8-10-19(24)26)22-21(28)20(27)18(33-22)15-32-34(29,30)31/h8,10,16,18,20-22,27-28H,2-7,9,11-15H2,1H3,(H2,24,26)(H2,29,30,31)/p-2/b10-8-. The van der Waals surface area contributed by atoms with E-state index < -0.39 is 50.2 Å². The molecular weight excluding hydrogens is 465 g/mol. The van der Waals surface area contributed by atoms with Gasteiger partial charge in [-0.2, -0.15) is 0 Å². The van der Waals surface area contributed by atoms with Crippen LogP contribution in [0, 0.1) is 11.3 Å². The lowest BCUT2D eigenvalue weighted by atomic mass is 9.68. The first-order valence-electron chi connectivity index (χ1n) is 12.2. The number of aliphatic hydroxyl groups excluding tert-OH is 2. The van der Waals surface area contributed by atoms with Gasteiger partial charge in [0.1, 0.15) is 24.1 Å². The first-order valence-corrected chi connectivity index (χ1v) is 13.6. The van der Waals surface area contributed by atoms with Gasteiger partial charge in [0.05, 0.1) is 20.5 Å². The van der Waals surface area contributed by atoms with Crippen molar-refractivity contribution in [2.24, 2.45) is 17.1 Å². The number of rotatable bonds is 9. The van der Waals surface area contributed by atoms with Gasteiger partial charge in [-0.1, -0.05) is 45.1 Å². The molecule has 0 aromatic carbocycles. The van der Waals surface area contributed by atoms with E-state index in [1.807, 2.05) is 6.92 Å². The molecule has 11 heteroatoms. The molecule has 6 unspecified atom stereocenters. The number of carbonyl (C=O) groups excluding carboxylic acids is 2. The van der Waals surface area contributed by atoms with Crippen LogP contribution >= 0.6 is 7.82 Å². The number of nitrogens with two attached hydrogens (primary N) is 1. The number of amides is 1. The number of hydrogen-bond donors (Lipinski definition) is 3. The monoisotopic (exact) mass is 503 g/mol. The van der Waals surface area contributed by atoms with E-state index in [0.29, 0.717) is 32.1 Å². The molecular formula is C23H38NO9P-2. The Kier molecular flexibility index (Phi) is 11.3. The Labute approximate surface area is 201 Å². The van der Waals surface area contributed by atoms with Crippen LogP contribution in [-0.2, 0) is 23.4 Å². The van der Waals surface area contributed by atoms with Gasteiger partial charge >= 0.3 is 0 Å². The highest BCUT2D eigenvalue weighted by molar-refractivity contribution is 7.43. The van der Waals surface area contributed by atoms with Crippen LogP contribution < -0.4 is 15.5 Å². The Morgan fingerprint density at radius 3 is 2.44 bits per heavy atom. The van der Waals surface area contributed by atoms with Crippen molar-refractivity contribution in [1.29, 1.82) is 0 Å². The summed E-state index contributed by atoms with van der Waals surface area (Å²) in [7, 11) is -5.29. The third-order valence-electron chi connectivity index (χ3n) is 7.19. The van der Waals surface area contributed by atoms with Gasteiger partial charge in [-0.25, -0.2) is 0 Å². The third kappa shape index (κ3) is 8.52. The molecule has 0 aromatic heterocycles. The highest BCUT2D eigenvalue weighted by Crippen LogP contribution is 2.47. The quantitative estimate of drug-likeness (QED) is 0.303. The molecule has 2 rings (SSSR count). The average Bonchev–Trinajstić information content (AvgIpc) is 3.03. The molecule has 1 saturated heterocycles. The Hall–Kier alpha value is -1.13. The van der Waals surface area contributed by atoms with Gasteiger partial charge in [0.2, 0.25) is 5.91 Å². The number of phosphoric ester groups is 1. The van der Waals surface area contributed by atoms with E-state index in [0.717, 1.165) is 38.5 Å². The smallest absolute Gasteiger partial charge is 0.241 e. The maximum Gasteiger partial charge on any atom is 0.241 e. The minimum atomic E-state index is -5.29. The van der Waals surface area contributed by atoms with Crippen molar-refractivity contribution in [2.75, 3.05) is 6.61 Å². The molecule has 34 heavy (non-hydrogen) atoms. The summed E-state index contributed by atoms with van der Waals surface area (Å²) in [5.41, 5.74) is 4.53. The molecule has 2 fully saturated rings. The fourth-order valence-electron chi connectivity index (χ4n) is 5.31. The zero-order valence-electron chi connectivity index (χ0n) is 19.8. The zero-order valence-corrected chi connectivity index (χ0v) is 20.7. The topological polar surface area (TPSA) is 182 Å². The van der Waals surface area contributed by atoms with Crippen LogP contribution in [0.2, 0.25) is 0 Å². The maximum absolute atomic E-state index is 12.6. The Bertz CT molecular complexity index is 755. The number of carbonyl (C=O) groups is 2. The lowest BCUT2D eigenvalue weighted by molar-refractivity contribution is -0.343. The van der Waals surface area contributed by atoms with E-state index in [1.165, 1.54) is 6.08 Å². The number of Topliss-reactive ketones (excluding diaryl/α,β-unsaturated/α-hetero) is 1. The highest BCUT2D eigenvalue weighted by Gasteiger charge is 2.52. The van der Waals surface area contributed by atoms with E-state index in [4.69, 9.17) is 10.5 Å². The average molecular weight is 504 g/mol. The summed E-state index contributed by atoms with van der Waals surface area (Å²) in [5, 5.41) is 21.4. The number of hydrogen-bond acceptors (Lipinski definition) is 9. The molecule has 0 aromatic rings. The molecule has 10 nitrogen and oxygen atoms in total. The summed E-state index contributed by atoms with van der Waals surface area (Å²) in [6.07, 6.45) is 5.89. The van der Waals surface area contributed by atoms with Crippen LogP contribution in [-0.4, -0.2) is 52.9 Å². The number of aliphatic hydroxyl groups is 2. The van der Waals surface area contributed by atoms with Crippen molar-refractivity contribution in [2.45, 2.75) is 102 Å². The molecule has 0 spiro atoms. The van der Waals surface area contributed by atoms with Gasteiger partial charge in [0.25, 0.3) is 0 Å². The van der Waals surface area contributed by atoms with Crippen LogP contribution in [0.3, 0.4) is 0 Å². The zero-order chi connectivity index (χ0) is 25.4. The molecule has 1 aliphatic heterocycles. The number of ether oxygens (including phenoxy) is 1. The maximum atomic E-state index is 12.6. The summed E-state index contributed by atoms with van der Waals surface area (Å²) in [6, 6.07) is 0. The van der Waals surface area contributed by atoms with Crippen LogP contribution in [0.15, 0.2) is 12.2 Å². The second-order valence-corrected chi connectivity index (χ2v) is 10.7. The van der Waals surface area contributed by atoms with Crippen molar-refractivity contribution in [1.82, 2.24) is 0 Å². The van der Waals surface area contributed by atoms with E-state index in [2.05, 4.69) is 4.52 Å². The van der Waals surface area contributed by atoms with Crippen LogP contribution in [0.4, 0.5) is 0 Å². The summed E-state index contributed by atoms with van der Waals surface area (Å²) in [6.45, 7) is 1.13. The molecule has 6 atom stereocenters. The third-order valence-corrected chi connectivity index (χ3v) is 7.66. The molecule has 1 aliphatic carbocycles. The van der Waals surface area contributed by atoms with Gasteiger partial charge < -0.3 is 39.6 Å². The Morgan fingerprint density at radius 1 is 1.12 bits per heavy atom. The van der Waals surface area contributed by atoms with Crippen molar-refractivity contribution >= 4 is 19.5 Å². The summed E-state index contributed by atoms with van der Waals surface area (Å²) < 4.78 is 21.2. The van der Waals surface area contributed by atoms with Crippen LogP contribution in [0.5, 0.6) is 0 Å². The number of primary amides is 1. The first-order chi connectivity index (χ1) is 16.0. The predicted molar refractivity (Wildman–Crippen MR) is 120 cm³/mol. The van der Waals surface area contributed by atoms with E-state index in [-0.39, 0.29) is 11.7 Å². The fourth-order valence-corrected chi connectivity index (χ4v) is 5.64. The second-order valence-electron chi connectivity index (χ2n) is 9.55. The van der Waals surface area contributed by atoms with Crippen molar-refractivity contribution in [3.63, 3.8) is 0 Å². The number of allylic oxidation sites excluding steroid dienone is 1. The molecule has 1 amide bonds. The summed E-state index contributed by atoms with van der Waals surface area (Å²) in [5.74, 6) is -0.564. The SMILES string of the molecule is CCC(=O)C1CCCCCCCC(C/C=C\C(N)=O)(C2OC(COP(=O)([O-])[O-])C(O)C2O)CC1. The van der Waals surface area contributed by atoms with Gasteiger partial charge in [-0.05, 0) is 38.2 Å².